The lowest BCUT2D eigenvalue weighted by atomic mass is 9.77. The number of carbonyl (C=O) groups is 2. The van der Waals surface area contributed by atoms with Gasteiger partial charge in [0.2, 0.25) is 0 Å². The minimum absolute atomic E-state index is 0.0526. The third-order valence-corrected chi connectivity index (χ3v) is 5.87. The van der Waals surface area contributed by atoms with Crippen molar-refractivity contribution in [2.45, 2.75) is 44.3 Å². The highest BCUT2D eigenvalue weighted by molar-refractivity contribution is 6.30. The number of primary amides is 1. The number of nitrogens with two attached hydrogens (primary N) is 1. The van der Waals surface area contributed by atoms with Gasteiger partial charge in [0.1, 0.15) is 11.2 Å². The summed E-state index contributed by atoms with van der Waals surface area (Å²) in [4.78, 5) is 26.2. The molecule has 10 heteroatoms. The second-order valence-electron chi connectivity index (χ2n) is 7.43. The van der Waals surface area contributed by atoms with E-state index < -0.39 is 23.9 Å². The van der Waals surface area contributed by atoms with Gasteiger partial charge < -0.3 is 16.0 Å². The predicted molar refractivity (Wildman–Crippen MR) is 103 cm³/mol. The maximum atomic E-state index is 13.4. The topological polar surface area (TPSA) is 93.2 Å². The second kappa shape index (κ2) is 7.29. The number of alkyl halides is 2. The van der Waals surface area contributed by atoms with Gasteiger partial charge in [0.25, 0.3) is 12.3 Å². The number of amides is 3. The number of hydrogen-bond donors (Lipinski definition) is 2. The van der Waals surface area contributed by atoms with Gasteiger partial charge in [-0.3, -0.25) is 9.48 Å². The number of urea groups is 1. The summed E-state index contributed by atoms with van der Waals surface area (Å²) in [5.74, 6) is -0.675. The molecule has 1 aliphatic carbocycles. The average Bonchev–Trinajstić information content (AvgIpc) is 3.03. The first-order chi connectivity index (χ1) is 13.8. The third-order valence-electron chi connectivity index (χ3n) is 5.63. The number of carbonyl (C=O) groups excluding carboxylic acids is 2. The molecule has 7 nitrogen and oxygen atoms in total. The summed E-state index contributed by atoms with van der Waals surface area (Å²) in [6.07, 6.45) is -1.45. The van der Waals surface area contributed by atoms with Gasteiger partial charge in [0, 0.05) is 17.1 Å². The van der Waals surface area contributed by atoms with Crippen molar-refractivity contribution < 1.29 is 18.4 Å². The summed E-state index contributed by atoms with van der Waals surface area (Å²) in [6.45, 7) is 0.662. The van der Waals surface area contributed by atoms with Gasteiger partial charge in [0.15, 0.2) is 0 Å². The molecular formula is C19H20ClF2N5O2. The van der Waals surface area contributed by atoms with Crippen molar-refractivity contribution in [3.05, 3.63) is 40.5 Å². The molecule has 1 aliphatic heterocycles. The average molecular weight is 424 g/mol. The zero-order valence-corrected chi connectivity index (χ0v) is 16.3. The molecule has 3 N–H and O–H groups in total. The maximum absolute atomic E-state index is 13.4. The van der Waals surface area contributed by atoms with Gasteiger partial charge in [-0.05, 0) is 31.4 Å². The van der Waals surface area contributed by atoms with E-state index in [0.29, 0.717) is 34.9 Å². The largest absolute Gasteiger partial charge is 0.365 e. The van der Waals surface area contributed by atoms with Gasteiger partial charge in [-0.25, -0.2) is 13.6 Å². The SMILES string of the molecule is NC(=O)c1c(-c2cccc(Cl)c2)nn2c1CN(C(=O)NC1(C(F)F)CCC1)CC2. The van der Waals surface area contributed by atoms with E-state index in [2.05, 4.69) is 10.4 Å². The fraction of sp³-hybridized carbons (Fsp3) is 0.421. The van der Waals surface area contributed by atoms with Gasteiger partial charge in [0.05, 0.1) is 24.3 Å². The number of fused-ring (bicyclic) bond motifs is 1. The second-order valence-corrected chi connectivity index (χ2v) is 7.87. The lowest BCUT2D eigenvalue weighted by Gasteiger charge is -2.43. The Morgan fingerprint density at radius 2 is 2.03 bits per heavy atom. The minimum Gasteiger partial charge on any atom is -0.365 e. The van der Waals surface area contributed by atoms with E-state index in [9.17, 15) is 18.4 Å². The Kier molecular flexibility index (Phi) is 4.94. The highest BCUT2D eigenvalue weighted by Crippen LogP contribution is 2.37. The summed E-state index contributed by atoms with van der Waals surface area (Å²) < 4.78 is 28.4. The molecule has 1 saturated carbocycles. The molecule has 29 heavy (non-hydrogen) atoms. The van der Waals surface area contributed by atoms with E-state index in [4.69, 9.17) is 17.3 Å². The Balaban J connectivity index is 1.62. The monoisotopic (exact) mass is 423 g/mol. The molecule has 1 fully saturated rings. The normalized spacial score (nSPS) is 17.6. The minimum atomic E-state index is -2.62. The molecule has 0 spiro atoms. The third kappa shape index (κ3) is 3.43. The smallest absolute Gasteiger partial charge is 0.318 e. The van der Waals surface area contributed by atoms with Crippen LogP contribution in [0, 0.1) is 0 Å². The predicted octanol–water partition coefficient (Wildman–Crippen LogP) is 3.02. The zero-order chi connectivity index (χ0) is 20.8. The number of nitrogens with one attached hydrogen (secondary N) is 1. The Labute approximate surface area is 170 Å². The zero-order valence-electron chi connectivity index (χ0n) is 15.5. The summed E-state index contributed by atoms with van der Waals surface area (Å²) in [5.41, 5.74) is 5.87. The Morgan fingerprint density at radius 1 is 1.28 bits per heavy atom. The van der Waals surface area contributed by atoms with E-state index in [1.165, 1.54) is 4.90 Å². The summed E-state index contributed by atoms with van der Waals surface area (Å²) in [5, 5.41) is 7.47. The molecule has 0 radical (unpaired) electrons. The summed E-state index contributed by atoms with van der Waals surface area (Å²) >= 11 is 6.05. The molecule has 2 aliphatic rings. The van der Waals surface area contributed by atoms with Crippen LogP contribution in [0.15, 0.2) is 24.3 Å². The molecular weight excluding hydrogens is 404 g/mol. The molecule has 0 bridgehead atoms. The maximum Gasteiger partial charge on any atom is 0.318 e. The van der Waals surface area contributed by atoms with Crippen LogP contribution in [0.5, 0.6) is 0 Å². The number of aromatic nitrogens is 2. The van der Waals surface area contributed by atoms with Crippen molar-refractivity contribution >= 4 is 23.5 Å². The quantitative estimate of drug-likeness (QED) is 0.791. The van der Waals surface area contributed by atoms with Crippen LogP contribution >= 0.6 is 11.6 Å². The van der Waals surface area contributed by atoms with Crippen LogP contribution in [-0.4, -0.2) is 45.1 Å². The molecule has 0 saturated heterocycles. The molecule has 1 aromatic heterocycles. The Bertz CT molecular complexity index is 974. The lowest BCUT2D eigenvalue weighted by molar-refractivity contribution is -0.0141. The molecule has 0 unspecified atom stereocenters. The lowest BCUT2D eigenvalue weighted by Crippen LogP contribution is -2.61. The van der Waals surface area contributed by atoms with Crippen LogP contribution in [0.4, 0.5) is 13.6 Å². The van der Waals surface area contributed by atoms with E-state index in [1.54, 1.807) is 28.9 Å². The number of rotatable bonds is 4. The molecule has 3 amide bonds. The van der Waals surface area contributed by atoms with Crippen LogP contribution in [-0.2, 0) is 13.1 Å². The number of hydrogen-bond acceptors (Lipinski definition) is 3. The first-order valence-corrected chi connectivity index (χ1v) is 9.69. The van der Waals surface area contributed by atoms with Crippen molar-refractivity contribution in [2.24, 2.45) is 5.73 Å². The molecule has 154 valence electrons. The number of benzene rings is 1. The highest BCUT2D eigenvalue weighted by atomic mass is 35.5. The summed E-state index contributed by atoms with van der Waals surface area (Å²) in [6, 6.07) is 6.31. The van der Waals surface area contributed by atoms with Crippen LogP contribution in [0.2, 0.25) is 5.02 Å². The fourth-order valence-corrected chi connectivity index (χ4v) is 4.03. The Morgan fingerprint density at radius 3 is 2.62 bits per heavy atom. The summed E-state index contributed by atoms with van der Waals surface area (Å²) in [7, 11) is 0. The fourth-order valence-electron chi connectivity index (χ4n) is 3.84. The van der Waals surface area contributed by atoms with E-state index >= 15 is 0 Å². The van der Waals surface area contributed by atoms with Crippen molar-refractivity contribution in [1.82, 2.24) is 20.0 Å². The van der Waals surface area contributed by atoms with Crippen molar-refractivity contribution in [3.8, 4) is 11.3 Å². The van der Waals surface area contributed by atoms with Crippen LogP contribution in [0.25, 0.3) is 11.3 Å². The molecule has 4 rings (SSSR count). The van der Waals surface area contributed by atoms with Crippen LogP contribution in [0.3, 0.4) is 0 Å². The van der Waals surface area contributed by atoms with E-state index in [1.807, 2.05) is 0 Å². The van der Waals surface area contributed by atoms with Crippen molar-refractivity contribution in [2.75, 3.05) is 6.54 Å². The van der Waals surface area contributed by atoms with Gasteiger partial charge in [-0.15, -0.1) is 0 Å². The van der Waals surface area contributed by atoms with Crippen LogP contribution in [0.1, 0.15) is 35.3 Å². The van der Waals surface area contributed by atoms with Crippen molar-refractivity contribution in [1.29, 1.82) is 0 Å². The first kappa shape index (κ1) is 19.6. The van der Waals surface area contributed by atoms with Crippen LogP contribution < -0.4 is 11.1 Å². The number of nitrogens with zero attached hydrogens (tertiary/aromatic N) is 3. The molecule has 2 heterocycles. The van der Waals surface area contributed by atoms with Gasteiger partial charge in [-0.2, -0.15) is 5.10 Å². The highest BCUT2D eigenvalue weighted by Gasteiger charge is 2.47. The molecule has 0 atom stereocenters. The number of halogens is 3. The van der Waals surface area contributed by atoms with Gasteiger partial charge >= 0.3 is 6.03 Å². The Hall–Kier alpha value is -2.68. The first-order valence-electron chi connectivity index (χ1n) is 9.31. The van der Waals surface area contributed by atoms with E-state index in [-0.39, 0.29) is 31.5 Å². The molecule has 1 aromatic carbocycles. The van der Waals surface area contributed by atoms with Crippen molar-refractivity contribution in [3.63, 3.8) is 0 Å². The molecule has 2 aromatic rings. The standard InChI is InChI=1S/C19H20ClF2N5O2/c20-12-4-1-3-11(9-12)15-14(16(23)28)13-10-26(7-8-27(13)25-15)18(29)24-19(17(21)22)5-2-6-19/h1,3-4,9,17H,2,5-8,10H2,(H2,23,28)(H,24,29). The van der Waals surface area contributed by atoms with Gasteiger partial charge in [-0.1, -0.05) is 23.7 Å². The van der Waals surface area contributed by atoms with E-state index in [0.717, 1.165) is 0 Å².